The van der Waals surface area contributed by atoms with Crippen LogP contribution in [0.25, 0.3) is 10.9 Å². The molecule has 1 N–H and O–H groups in total. The summed E-state index contributed by atoms with van der Waals surface area (Å²) >= 11 is 0. The zero-order valence-corrected chi connectivity index (χ0v) is 11.9. The Morgan fingerprint density at radius 1 is 0.950 bits per heavy atom. The number of hydrogen-bond donors (Lipinski definition) is 1. The number of fused-ring (bicyclic) bond motifs is 1. The van der Waals surface area contributed by atoms with Gasteiger partial charge in [0.05, 0.1) is 10.1 Å². The molecule has 3 nitrogen and oxygen atoms in total. The number of hydrogen-bond acceptors (Lipinski definition) is 2. The van der Waals surface area contributed by atoms with Crippen LogP contribution in [0.2, 0.25) is 0 Å². The van der Waals surface area contributed by atoms with Gasteiger partial charge in [-0.2, -0.15) is 0 Å². The first-order chi connectivity index (χ1) is 9.60. The molecule has 20 heavy (non-hydrogen) atoms. The first-order valence-corrected chi connectivity index (χ1v) is 8.00. The minimum Gasteiger partial charge on any atom is -0.361 e. The van der Waals surface area contributed by atoms with Gasteiger partial charge in [0.2, 0.25) is 0 Å². The summed E-state index contributed by atoms with van der Waals surface area (Å²) in [6.07, 6.45) is 1.79. The number of aromatic nitrogens is 1. The minimum atomic E-state index is -3.37. The van der Waals surface area contributed by atoms with Crippen molar-refractivity contribution in [2.24, 2.45) is 0 Å². The van der Waals surface area contributed by atoms with Gasteiger partial charge < -0.3 is 4.98 Å². The molecule has 1 atom stereocenters. The maximum atomic E-state index is 12.7. The summed E-state index contributed by atoms with van der Waals surface area (Å²) in [4.78, 5) is 3.49. The van der Waals surface area contributed by atoms with Crippen LogP contribution in [0.15, 0.2) is 65.7 Å². The first-order valence-electron chi connectivity index (χ1n) is 6.45. The van der Waals surface area contributed by atoms with Crippen LogP contribution < -0.4 is 0 Å². The van der Waals surface area contributed by atoms with Crippen LogP contribution in [0.5, 0.6) is 0 Å². The summed E-state index contributed by atoms with van der Waals surface area (Å²) in [5, 5.41) is 0.376. The molecule has 0 spiro atoms. The van der Waals surface area contributed by atoms with Crippen LogP contribution >= 0.6 is 0 Å². The van der Waals surface area contributed by atoms with Gasteiger partial charge in [-0.05, 0) is 30.7 Å². The molecule has 4 heteroatoms. The molecular formula is C16H15NO2S. The fraction of sp³-hybridized carbons (Fsp3) is 0.125. The highest BCUT2D eigenvalue weighted by Gasteiger charge is 2.26. The third-order valence-corrected chi connectivity index (χ3v) is 5.71. The summed E-state index contributed by atoms with van der Waals surface area (Å²) in [6, 6.07) is 16.3. The number of aromatic amines is 1. The van der Waals surface area contributed by atoms with Gasteiger partial charge in [0, 0.05) is 17.1 Å². The molecule has 1 aromatic heterocycles. The molecule has 0 amide bonds. The van der Waals surface area contributed by atoms with Crippen LogP contribution in [0.4, 0.5) is 0 Å². The lowest BCUT2D eigenvalue weighted by molar-refractivity contribution is 0.586. The van der Waals surface area contributed by atoms with Gasteiger partial charge in [-0.1, -0.05) is 36.4 Å². The van der Waals surface area contributed by atoms with Gasteiger partial charge in [0.15, 0.2) is 9.84 Å². The molecule has 0 aliphatic heterocycles. The van der Waals surface area contributed by atoms with Crippen molar-refractivity contribution in [1.82, 2.24) is 4.98 Å². The molecule has 2 aromatic carbocycles. The molecule has 0 fully saturated rings. The number of nitrogens with one attached hydrogen (secondary N) is 1. The van der Waals surface area contributed by atoms with Gasteiger partial charge in [0.1, 0.15) is 0 Å². The molecule has 1 unspecified atom stereocenters. The molecule has 1 heterocycles. The molecule has 3 aromatic rings. The van der Waals surface area contributed by atoms with Crippen molar-refractivity contribution in [2.45, 2.75) is 17.1 Å². The van der Waals surface area contributed by atoms with Gasteiger partial charge in [-0.25, -0.2) is 8.42 Å². The summed E-state index contributed by atoms with van der Waals surface area (Å²) < 4.78 is 25.3. The highest BCUT2D eigenvalue weighted by atomic mass is 32.2. The molecule has 102 valence electrons. The van der Waals surface area contributed by atoms with E-state index in [2.05, 4.69) is 4.98 Å². The van der Waals surface area contributed by atoms with E-state index >= 15 is 0 Å². The Morgan fingerprint density at radius 3 is 2.35 bits per heavy atom. The van der Waals surface area contributed by atoms with Crippen LogP contribution in [0.3, 0.4) is 0 Å². The third-order valence-electron chi connectivity index (χ3n) is 3.60. The highest BCUT2D eigenvalue weighted by molar-refractivity contribution is 7.91. The van der Waals surface area contributed by atoms with E-state index in [0.29, 0.717) is 4.90 Å². The van der Waals surface area contributed by atoms with E-state index in [4.69, 9.17) is 0 Å². The van der Waals surface area contributed by atoms with E-state index in [-0.39, 0.29) is 0 Å². The van der Waals surface area contributed by atoms with Gasteiger partial charge in [0.25, 0.3) is 0 Å². The fourth-order valence-electron chi connectivity index (χ4n) is 2.41. The lowest BCUT2D eigenvalue weighted by Gasteiger charge is -2.12. The second kappa shape index (κ2) is 4.80. The number of sulfone groups is 1. The summed E-state index contributed by atoms with van der Waals surface area (Å²) in [5.41, 5.74) is 1.77. The second-order valence-corrected chi connectivity index (χ2v) is 7.06. The molecule has 0 aliphatic carbocycles. The summed E-state index contributed by atoms with van der Waals surface area (Å²) in [6.45, 7) is 1.73. The molecule has 0 saturated heterocycles. The Labute approximate surface area is 118 Å². The van der Waals surface area contributed by atoms with E-state index in [1.807, 2.05) is 30.3 Å². The second-order valence-electron chi connectivity index (χ2n) is 4.79. The average Bonchev–Trinajstić information content (AvgIpc) is 2.91. The summed E-state index contributed by atoms with van der Waals surface area (Å²) in [5.74, 6) is 0. The lowest BCUT2D eigenvalue weighted by Crippen LogP contribution is -2.10. The first kappa shape index (κ1) is 12.9. The Bertz CT molecular complexity index is 835. The molecule has 0 bridgehead atoms. The number of benzene rings is 2. The van der Waals surface area contributed by atoms with Gasteiger partial charge >= 0.3 is 0 Å². The third kappa shape index (κ3) is 2.02. The molecule has 0 radical (unpaired) electrons. The largest absolute Gasteiger partial charge is 0.361 e. The molecule has 0 saturated carbocycles. The van der Waals surface area contributed by atoms with Crippen LogP contribution in [0, 0.1) is 0 Å². The predicted molar refractivity (Wildman–Crippen MR) is 80.3 cm³/mol. The van der Waals surface area contributed by atoms with E-state index < -0.39 is 15.1 Å². The Balaban J connectivity index is 2.11. The molecular weight excluding hydrogens is 270 g/mol. The van der Waals surface area contributed by atoms with E-state index in [0.717, 1.165) is 16.5 Å². The average molecular weight is 285 g/mol. The van der Waals surface area contributed by atoms with Crippen LogP contribution in [-0.2, 0) is 9.84 Å². The van der Waals surface area contributed by atoms with Gasteiger partial charge in [-0.15, -0.1) is 0 Å². The maximum Gasteiger partial charge on any atom is 0.185 e. The Kier molecular flexibility index (Phi) is 3.10. The van der Waals surface area contributed by atoms with Crippen molar-refractivity contribution in [2.75, 3.05) is 0 Å². The van der Waals surface area contributed by atoms with Crippen molar-refractivity contribution in [3.05, 3.63) is 66.4 Å². The summed E-state index contributed by atoms with van der Waals surface area (Å²) in [7, 11) is -3.37. The fourth-order valence-corrected chi connectivity index (χ4v) is 3.89. The maximum absolute atomic E-state index is 12.7. The van der Waals surface area contributed by atoms with Crippen molar-refractivity contribution in [3.8, 4) is 0 Å². The van der Waals surface area contributed by atoms with Crippen LogP contribution in [0.1, 0.15) is 17.7 Å². The van der Waals surface area contributed by atoms with Crippen molar-refractivity contribution in [1.29, 1.82) is 0 Å². The molecule has 3 rings (SSSR count). The smallest absolute Gasteiger partial charge is 0.185 e. The quantitative estimate of drug-likeness (QED) is 0.797. The van der Waals surface area contributed by atoms with Gasteiger partial charge in [-0.3, -0.25) is 0 Å². The normalized spacial score (nSPS) is 13.4. The Morgan fingerprint density at radius 2 is 1.60 bits per heavy atom. The van der Waals surface area contributed by atoms with Crippen molar-refractivity contribution < 1.29 is 8.42 Å². The van der Waals surface area contributed by atoms with Crippen LogP contribution in [-0.4, -0.2) is 13.4 Å². The van der Waals surface area contributed by atoms with Crippen molar-refractivity contribution >= 4 is 20.7 Å². The number of H-pyrrole nitrogens is 1. The zero-order chi connectivity index (χ0) is 14.2. The van der Waals surface area contributed by atoms with Crippen molar-refractivity contribution in [3.63, 3.8) is 0 Å². The SMILES string of the molecule is CC(c1c[nH]c2ccccc12)S(=O)(=O)c1ccccc1. The number of rotatable bonds is 3. The Hall–Kier alpha value is -2.07. The molecule has 0 aliphatic rings. The zero-order valence-electron chi connectivity index (χ0n) is 11.1. The van der Waals surface area contributed by atoms with E-state index in [9.17, 15) is 8.42 Å². The monoisotopic (exact) mass is 285 g/mol. The minimum absolute atomic E-state index is 0.359. The lowest BCUT2D eigenvalue weighted by atomic mass is 10.1. The number of para-hydroxylation sites is 1. The standard InChI is InChI=1S/C16H15NO2S/c1-12(20(18,19)13-7-3-2-4-8-13)15-11-17-16-10-6-5-9-14(15)16/h2-12,17H,1H3. The predicted octanol–water partition coefficient (Wildman–Crippen LogP) is 3.70. The topological polar surface area (TPSA) is 49.9 Å². The highest BCUT2D eigenvalue weighted by Crippen LogP contribution is 2.32. The van der Waals surface area contributed by atoms with E-state index in [1.165, 1.54) is 0 Å². The van der Waals surface area contributed by atoms with E-state index in [1.54, 1.807) is 37.4 Å².